The molecule has 4 nitrogen and oxygen atoms in total. The molecular formula is C12H25N3O. The van der Waals surface area contributed by atoms with Crippen molar-refractivity contribution >= 4 is 5.96 Å². The van der Waals surface area contributed by atoms with Crippen LogP contribution in [-0.4, -0.2) is 63.2 Å². The first kappa shape index (κ1) is 13.3. The van der Waals surface area contributed by atoms with Crippen molar-refractivity contribution in [3.8, 4) is 0 Å². The normalized spacial score (nSPS) is 17.6. The smallest absolute Gasteiger partial charge is 0.195 e. The molecule has 16 heavy (non-hydrogen) atoms. The van der Waals surface area contributed by atoms with E-state index >= 15 is 0 Å². The Balaban J connectivity index is 2.45. The summed E-state index contributed by atoms with van der Waals surface area (Å²) in [7, 11) is 9.91. The van der Waals surface area contributed by atoms with Crippen molar-refractivity contribution < 1.29 is 4.74 Å². The number of rotatable bonds is 4. The van der Waals surface area contributed by atoms with E-state index in [9.17, 15) is 0 Å². The van der Waals surface area contributed by atoms with Crippen LogP contribution in [0.2, 0.25) is 0 Å². The fourth-order valence-electron chi connectivity index (χ4n) is 2.17. The predicted octanol–water partition coefficient (Wildman–Crippen LogP) is 1.42. The minimum absolute atomic E-state index is 0.132. The number of hydrogen-bond acceptors (Lipinski definition) is 2. The molecule has 0 heterocycles. The molecule has 1 rings (SSSR count). The maximum Gasteiger partial charge on any atom is 0.195 e. The van der Waals surface area contributed by atoms with E-state index in [4.69, 9.17) is 4.74 Å². The molecule has 94 valence electrons. The van der Waals surface area contributed by atoms with Crippen molar-refractivity contribution in [1.29, 1.82) is 0 Å². The number of nitrogens with zero attached hydrogens (tertiary/aromatic N) is 3. The molecule has 0 saturated heterocycles. The van der Waals surface area contributed by atoms with Gasteiger partial charge in [0, 0.05) is 41.8 Å². The first-order chi connectivity index (χ1) is 7.51. The molecule has 0 radical (unpaired) electrons. The average molecular weight is 227 g/mol. The van der Waals surface area contributed by atoms with Crippen LogP contribution in [0.5, 0.6) is 0 Å². The van der Waals surface area contributed by atoms with Crippen molar-refractivity contribution in [3.63, 3.8) is 0 Å². The number of methoxy groups -OCH3 is 1. The Bertz CT molecular complexity index is 229. The van der Waals surface area contributed by atoms with Gasteiger partial charge < -0.3 is 14.5 Å². The highest BCUT2D eigenvalue weighted by Gasteiger charge is 2.36. The summed E-state index contributed by atoms with van der Waals surface area (Å²) in [6.45, 7) is 0.847. The molecule has 1 fully saturated rings. The highest BCUT2D eigenvalue weighted by molar-refractivity contribution is 5.79. The topological polar surface area (TPSA) is 28.1 Å². The van der Waals surface area contributed by atoms with E-state index < -0.39 is 0 Å². The van der Waals surface area contributed by atoms with Crippen molar-refractivity contribution in [2.24, 2.45) is 4.99 Å². The fourth-order valence-corrected chi connectivity index (χ4v) is 2.17. The van der Waals surface area contributed by atoms with Crippen LogP contribution < -0.4 is 0 Å². The molecule has 0 spiro atoms. The summed E-state index contributed by atoms with van der Waals surface area (Å²) in [4.78, 5) is 8.71. The van der Waals surface area contributed by atoms with Gasteiger partial charge in [-0.15, -0.1) is 0 Å². The molecule has 0 atom stereocenters. The van der Waals surface area contributed by atoms with Crippen molar-refractivity contribution in [2.75, 3.05) is 41.8 Å². The summed E-state index contributed by atoms with van der Waals surface area (Å²) >= 11 is 0. The molecule has 0 aliphatic heterocycles. The molecule has 0 aromatic heterocycles. The van der Waals surface area contributed by atoms with Gasteiger partial charge in [0.25, 0.3) is 0 Å². The van der Waals surface area contributed by atoms with E-state index in [1.807, 2.05) is 45.1 Å². The number of guanidine groups is 1. The molecule has 1 aliphatic rings. The van der Waals surface area contributed by atoms with Gasteiger partial charge in [0.1, 0.15) is 0 Å². The van der Waals surface area contributed by atoms with Crippen molar-refractivity contribution in [3.05, 3.63) is 0 Å². The zero-order valence-corrected chi connectivity index (χ0v) is 11.3. The molecule has 0 amide bonds. The summed E-state index contributed by atoms with van der Waals surface area (Å²) in [6, 6.07) is 0. The molecule has 0 aromatic rings. The van der Waals surface area contributed by atoms with Gasteiger partial charge in [-0.1, -0.05) is 0 Å². The second-order valence-electron chi connectivity index (χ2n) is 4.96. The highest BCUT2D eigenvalue weighted by atomic mass is 16.5. The number of aliphatic imine (C=N–C) groups is 1. The largest absolute Gasteiger partial charge is 0.378 e. The summed E-state index contributed by atoms with van der Waals surface area (Å²) < 4.78 is 5.58. The SMILES string of the molecule is COC1(CCN=C(N(C)C)N(C)C)CCC1. The van der Waals surface area contributed by atoms with Gasteiger partial charge in [0.05, 0.1) is 5.60 Å². The zero-order chi connectivity index (χ0) is 12.2. The molecule has 0 N–H and O–H groups in total. The van der Waals surface area contributed by atoms with E-state index in [1.54, 1.807) is 0 Å². The Morgan fingerprint density at radius 2 is 1.75 bits per heavy atom. The highest BCUT2D eigenvalue weighted by Crippen LogP contribution is 2.37. The molecule has 1 saturated carbocycles. The van der Waals surface area contributed by atoms with Gasteiger partial charge in [-0.2, -0.15) is 0 Å². The van der Waals surface area contributed by atoms with Gasteiger partial charge in [0.2, 0.25) is 0 Å². The number of hydrogen-bond donors (Lipinski definition) is 0. The maximum atomic E-state index is 5.58. The minimum Gasteiger partial charge on any atom is -0.378 e. The van der Waals surface area contributed by atoms with Crippen molar-refractivity contribution in [2.45, 2.75) is 31.3 Å². The van der Waals surface area contributed by atoms with Gasteiger partial charge in [-0.05, 0) is 25.7 Å². The van der Waals surface area contributed by atoms with E-state index in [2.05, 4.69) is 4.99 Å². The quantitative estimate of drug-likeness (QED) is 0.537. The number of ether oxygens (including phenoxy) is 1. The second kappa shape index (κ2) is 5.53. The first-order valence-electron chi connectivity index (χ1n) is 5.95. The van der Waals surface area contributed by atoms with E-state index in [-0.39, 0.29) is 5.60 Å². The molecule has 0 bridgehead atoms. The zero-order valence-electron chi connectivity index (χ0n) is 11.3. The molecular weight excluding hydrogens is 202 g/mol. The van der Waals surface area contributed by atoms with Gasteiger partial charge in [-0.3, -0.25) is 4.99 Å². The monoisotopic (exact) mass is 227 g/mol. The van der Waals surface area contributed by atoms with E-state index in [0.717, 1.165) is 18.9 Å². The van der Waals surface area contributed by atoms with Crippen LogP contribution in [0.1, 0.15) is 25.7 Å². The van der Waals surface area contributed by atoms with E-state index in [0.29, 0.717) is 0 Å². The van der Waals surface area contributed by atoms with Crippen molar-refractivity contribution in [1.82, 2.24) is 9.80 Å². The molecule has 0 unspecified atom stereocenters. The third kappa shape index (κ3) is 3.11. The van der Waals surface area contributed by atoms with Gasteiger partial charge in [0.15, 0.2) is 5.96 Å². The Morgan fingerprint density at radius 3 is 2.06 bits per heavy atom. The van der Waals surface area contributed by atoms with Gasteiger partial charge >= 0.3 is 0 Å². The molecule has 0 aromatic carbocycles. The standard InChI is InChI=1S/C12H25N3O/c1-14(2)11(15(3)4)13-10-9-12(16-5)7-6-8-12/h6-10H2,1-5H3. The summed E-state index contributed by atoms with van der Waals surface area (Å²) in [5, 5.41) is 0. The predicted molar refractivity (Wildman–Crippen MR) is 67.9 cm³/mol. The lowest BCUT2D eigenvalue weighted by atomic mass is 9.77. The summed E-state index contributed by atoms with van der Waals surface area (Å²) in [6.07, 6.45) is 4.72. The fraction of sp³-hybridized carbons (Fsp3) is 0.917. The van der Waals surface area contributed by atoms with E-state index in [1.165, 1.54) is 19.3 Å². The minimum atomic E-state index is 0.132. The lowest BCUT2D eigenvalue weighted by Gasteiger charge is -2.40. The average Bonchev–Trinajstić information content (AvgIpc) is 2.14. The third-order valence-electron chi connectivity index (χ3n) is 3.32. The van der Waals surface area contributed by atoms with Gasteiger partial charge in [-0.25, -0.2) is 0 Å². The van der Waals surface area contributed by atoms with Crippen LogP contribution >= 0.6 is 0 Å². The van der Waals surface area contributed by atoms with Crippen LogP contribution in [-0.2, 0) is 4.74 Å². The molecule has 1 aliphatic carbocycles. The summed E-state index contributed by atoms with van der Waals surface area (Å²) in [5.74, 6) is 1.02. The Hall–Kier alpha value is -0.770. The van der Waals surface area contributed by atoms with Crippen LogP contribution in [0.25, 0.3) is 0 Å². The third-order valence-corrected chi connectivity index (χ3v) is 3.32. The lowest BCUT2D eigenvalue weighted by Crippen LogP contribution is -2.40. The summed E-state index contributed by atoms with van der Waals surface area (Å²) in [5.41, 5.74) is 0.132. The van der Waals surface area contributed by atoms with Crippen LogP contribution in [0.4, 0.5) is 0 Å². The molecule has 4 heteroatoms. The Labute approximate surface area is 99.3 Å². The maximum absolute atomic E-state index is 5.58. The van der Waals surface area contributed by atoms with Crippen LogP contribution in [0, 0.1) is 0 Å². The van der Waals surface area contributed by atoms with Crippen LogP contribution in [0.15, 0.2) is 4.99 Å². The van der Waals surface area contributed by atoms with Crippen LogP contribution in [0.3, 0.4) is 0 Å². The first-order valence-corrected chi connectivity index (χ1v) is 5.95. The Morgan fingerprint density at radius 1 is 1.19 bits per heavy atom. The second-order valence-corrected chi connectivity index (χ2v) is 4.96. The Kier molecular flexibility index (Phi) is 4.59. The lowest BCUT2D eigenvalue weighted by molar-refractivity contribution is -0.0754.